The lowest BCUT2D eigenvalue weighted by molar-refractivity contribution is -0.147. The van der Waals surface area contributed by atoms with Gasteiger partial charge in [0.05, 0.1) is 12.1 Å². The van der Waals surface area contributed by atoms with Gasteiger partial charge >= 0.3 is 17.8 Å². The predicted molar refractivity (Wildman–Crippen MR) is 72.7 cm³/mol. The molecule has 118 valence electrons. The smallest absolute Gasteiger partial charge is 0.451 e. The first-order valence-corrected chi connectivity index (χ1v) is 6.63. The molecular weight excluding hydrogens is 371 g/mol. The number of aromatic carboxylic acids is 1. The first kappa shape index (κ1) is 16.3. The number of aromatic nitrogens is 3. The van der Waals surface area contributed by atoms with Crippen LogP contribution >= 0.6 is 15.9 Å². The first-order valence-electron chi connectivity index (χ1n) is 5.84. The van der Waals surface area contributed by atoms with Crippen LogP contribution < -0.4 is 5.69 Å². The molecule has 0 aliphatic carbocycles. The van der Waals surface area contributed by atoms with Crippen LogP contribution in [-0.2, 0) is 19.8 Å². The van der Waals surface area contributed by atoms with E-state index in [1.54, 1.807) is 0 Å². The maximum absolute atomic E-state index is 12.7. The quantitative estimate of drug-likeness (QED) is 0.885. The van der Waals surface area contributed by atoms with Gasteiger partial charge in [0, 0.05) is 11.5 Å². The number of carboxylic acids is 1. The largest absolute Gasteiger partial charge is 0.478 e. The highest BCUT2D eigenvalue weighted by Crippen LogP contribution is 2.26. The Morgan fingerprint density at radius 2 is 2.05 bits per heavy atom. The van der Waals surface area contributed by atoms with Crippen LogP contribution in [0.15, 0.2) is 27.5 Å². The molecule has 0 saturated carbocycles. The topological polar surface area (TPSA) is 77.1 Å². The molecular formula is C12H9BrF3N3O3. The Hall–Kier alpha value is -2.10. The van der Waals surface area contributed by atoms with Crippen molar-refractivity contribution in [3.05, 3.63) is 50.1 Å². The minimum atomic E-state index is -4.77. The number of carbonyl (C=O) groups is 1. The molecule has 0 bridgehead atoms. The minimum Gasteiger partial charge on any atom is -0.478 e. The van der Waals surface area contributed by atoms with Gasteiger partial charge in [-0.3, -0.25) is 4.57 Å². The molecule has 0 radical (unpaired) electrons. The van der Waals surface area contributed by atoms with Crippen molar-refractivity contribution >= 4 is 21.9 Å². The van der Waals surface area contributed by atoms with Crippen LogP contribution in [0.5, 0.6) is 0 Å². The van der Waals surface area contributed by atoms with Gasteiger partial charge in [-0.2, -0.15) is 13.2 Å². The molecule has 1 aromatic heterocycles. The van der Waals surface area contributed by atoms with Crippen molar-refractivity contribution in [3.8, 4) is 0 Å². The maximum Gasteiger partial charge on any atom is 0.451 e. The third kappa shape index (κ3) is 3.06. The van der Waals surface area contributed by atoms with E-state index in [-0.39, 0.29) is 17.7 Å². The molecule has 1 N–H and O–H groups in total. The second-order valence-corrected chi connectivity index (χ2v) is 5.34. The van der Waals surface area contributed by atoms with Crippen LogP contribution in [0.2, 0.25) is 0 Å². The van der Waals surface area contributed by atoms with Crippen LogP contribution in [0.3, 0.4) is 0 Å². The van der Waals surface area contributed by atoms with Crippen LogP contribution in [-0.4, -0.2) is 25.4 Å². The standard InChI is InChI=1S/C12H9BrF3N3O3/c1-18-10(12(14,15)16)17-19(11(18)22)5-6-4-7(13)2-3-8(6)9(20)21/h2-4H,5H2,1H3,(H,20,21). The summed E-state index contributed by atoms with van der Waals surface area (Å²) >= 11 is 3.14. The Morgan fingerprint density at radius 1 is 1.41 bits per heavy atom. The van der Waals surface area contributed by atoms with Gasteiger partial charge in [0.15, 0.2) is 0 Å². The third-order valence-corrected chi connectivity index (χ3v) is 3.41. The monoisotopic (exact) mass is 379 g/mol. The lowest BCUT2D eigenvalue weighted by atomic mass is 10.1. The number of nitrogens with zero attached hydrogens (tertiary/aromatic N) is 3. The van der Waals surface area contributed by atoms with Crippen LogP contribution in [0.4, 0.5) is 13.2 Å². The highest BCUT2D eigenvalue weighted by atomic mass is 79.9. The molecule has 0 aliphatic heterocycles. The molecule has 0 saturated heterocycles. The third-order valence-electron chi connectivity index (χ3n) is 2.91. The van der Waals surface area contributed by atoms with E-state index in [1.165, 1.54) is 18.2 Å². The van der Waals surface area contributed by atoms with Gasteiger partial charge in [-0.05, 0) is 23.8 Å². The van der Waals surface area contributed by atoms with E-state index < -0.39 is 23.7 Å². The Bertz CT molecular complexity index is 795. The van der Waals surface area contributed by atoms with Crippen molar-refractivity contribution in [1.29, 1.82) is 0 Å². The van der Waals surface area contributed by atoms with Crippen molar-refractivity contribution in [2.24, 2.45) is 7.05 Å². The molecule has 0 spiro atoms. The molecule has 0 fully saturated rings. The summed E-state index contributed by atoms with van der Waals surface area (Å²) in [4.78, 5) is 22.9. The first-order chi connectivity index (χ1) is 10.1. The van der Waals surface area contributed by atoms with Gasteiger partial charge in [0.2, 0.25) is 5.82 Å². The highest BCUT2D eigenvalue weighted by molar-refractivity contribution is 9.10. The zero-order chi connectivity index (χ0) is 16.7. The number of halogens is 4. The molecule has 0 unspecified atom stereocenters. The normalized spacial score (nSPS) is 11.7. The summed E-state index contributed by atoms with van der Waals surface area (Å²) in [6, 6.07) is 4.19. The summed E-state index contributed by atoms with van der Waals surface area (Å²) in [5.74, 6) is -2.59. The Labute approximate surface area is 129 Å². The van der Waals surface area contributed by atoms with Crippen LogP contribution in [0.25, 0.3) is 0 Å². The number of alkyl halides is 3. The predicted octanol–water partition coefficient (Wildman–Crippen LogP) is 2.11. The number of rotatable bonds is 3. The molecule has 2 rings (SSSR count). The maximum atomic E-state index is 12.7. The number of benzene rings is 1. The minimum absolute atomic E-state index is 0.116. The van der Waals surface area contributed by atoms with Crippen molar-refractivity contribution in [1.82, 2.24) is 14.3 Å². The van der Waals surface area contributed by atoms with Crippen LogP contribution in [0.1, 0.15) is 21.7 Å². The second kappa shape index (κ2) is 5.59. The fraction of sp³-hybridized carbons (Fsp3) is 0.250. The number of hydrogen-bond acceptors (Lipinski definition) is 3. The molecule has 22 heavy (non-hydrogen) atoms. The SMILES string of the molecule is Cn1c(C(F)(F)F)nn(Cc2cc(Br)ccc2C(=O)O)c1=O. The summed E-state index contributed by atoms with van der Waals surface area (Å²) in [7, 11) is 0.952. The van der Waals surface area contributed by atoms with E-state index in [2.05, 4.69) is 21.0 Å². The zero-order valence-corrected chi connectivity index (χ0v) is 12.6. The van der Waals surface area contributed by atoms with E-state index in [0.717, 1.165) is 7.05 Å². The molecule has 0 aliphatic rings. The van der Waals surface area contributed by atoms with Gasteiger partial charge in [-0.1, -0.05) is 15.9 Å². The molecule has 0 amide bonds. The van der Waals surface area contributed by atoms with E-state index in [9.17, 15) is 22.8 Å². The van der Waals surface area contributed by atoms with E-state index in [0.29, 0.717) is 13.7 Å². The molecule has 1 aromatic carbocycles. The summed E-state index contributed by atoms with van der Waals surface area (Å²) < 4.78 is 39.6. The molecule has 2 aromatic rings. The average molecular weight is 380 g/mol. The Balaban J connectivity index is 2.51. The summed E-state index contributed by atoms with van der Waals surface area (Å²) in [5, 5.41) is 12.3. The van der Waals surface area contributed by atoms with Gasteiger partial charge in [0.1, 0.15) is 0 Å². The van der Waals surface area contributed by atoms with Gasteiger partial charge < -0.3 is 5.11 Å². The summed E-state index contributed by atoms with van der Waals surface area (Å²) in [6.45, 7) is -0.385. The van der Waals surface area contributed by atoms with E-state index in [4.69, 9.17) is 5.11 Å². The van der Waals surface area contributed by atoms with Crippen molar-refractivity contribution < 1.29 is 23.1 Å². The van der Waals surface area contributed by atoms with Crippen molar-refractivity contribution in [2.45, 2.75) is 12.7 Å². The van der Waals surface area contributed by atoms with Crippen LogP contribution in [0, 0.1) is 0 Å². The fourth-order valence-corrected chi connectivity index (χ4v) is 2.31. The highest BCUT2D eigenvalue weighted by Gasteiger charge is 2.38. The Kier molecular flexibility index (Phi) is 4.14. The fourth-order valence-electron chi connectivity index (χ4n) is 1.90. The number of hydrogen-bond donors (Lipinski definition) is 1. The van der Waals surface area contributed by atoms with Gasteiger partial charge in [-0.25, -0.2) is 14.3 Å². The van der Waals surface area contributed by atoms with E-state index in [1.807, 2.05) is 0 Å². The van der Waals surface area contributed by atoms with Gasteiger partial charge in [-0.15, -0.1) is 5.10 Å². The van der Waals surface area contributed by atoms with E-state index >= 15 is 0 Å². The molecule has 6 nitrogen and oxygen atoms in total. The average Bonchev–Trinajstić information content (AvgIpc) is 2.66. The Morgan fingerprint density at radius 3 is 2.55 bits per heavy atom. The lowest BCUT2D eigenvalue weighted by Crippen LogP contribution is -2.25. The molecule has 10 heteroatoms. The number of carboxylic acid groups (broad SMARTS) is 1. The molecule has 1 heterocycles. The van der Waals surface area contributed by atoms with Gasteiger partial charge in [0.25, 0.3) is 0 Å². The zero-order valence-electron chi connectivity index (χ0n) is 11.1. The lowest BCUT2D eigenvalue weighted by Gasteiger charge is -2.06. The molecule has 0 atom stereocenters. The summed E-state index contributed by atoms with van der Waals surface area (Å²) in [6.07, 6.45) is -4.77. The summed E-state index contributed by atoms with van der Waals surface area (Å²) in [5.41, 5.74) is -0.936. The van der Waals surface area contributed by atoms with Crippen molar-refractivity contribution in [2.75, 3.05) is 0 Å². The second-order valence-electron chi connectivity index (χ2n) is 4.43. The van der Waals surface area contributed by atoms with Crippen molar-refractivity contribution in [3.63, 3.8) is 0 Å².